The van der Waals surface area contributed by atoms with Gasteiger partial charge in [-0.25, -0.2) is 0 Å². The number of anilines is 2. The quantitative estimate of drug-likeness (QED) is 0.713. The van der Waals surface area contributed by atoms with Crippen LogP contribution in [0.2, 0.25) is 5.02 Å². The van der Waals surface area contributed by atoms with Crippen molar-refractivity contribution in [3.8, 4) is 0 Å². The molecule has 25 heavy (non-hydrogen) atoms. The van der Waals surface area contributed by atoms with Crippen LogP contribution in [0.4, 0.5) is 11.4 Å². The van der Waals surface area contributed by atoms with Crippen LogP contribution >= 0.6 is 23.4 Å². The summed E-state index contributed by atoms with van der Waals surface area (Å²) in [7, 11) is 0. The molecule has 2 aromatic carbocycles. The number of rotatable bonds is 6. The topological polar surface area (TPSA) is 58.2 Å². The summed E-state index contributed by atoms with van der Waals surface area (Å²) >= 11 is 7.34. The van der Waals surface area contributed by atoms with E-state index in [0.29, 0.717) is 10.7 Å². The van der Waals surface area contributed by atoms with Crippen molar-refractivity contribution >= 4 is 46.6 Å². The van der Waals surface area contributed by atoms with E-state index >= 15 is 0 Å². The van der Waals surface area contributed by atoms with Gasteiger partial charge in [-0.15, -0.1) is 11.8 Å². The number of carbonyl (C=O) groups is 2. The van der Waals surface area contributed by atoms with Crippen LogP contribution in [0.25, 0.3) is 0 Å². The van der Waals surface area contributed by atoms with Gasteiger partial charge >= 0.3 is 0 Å². The number of thioether (sulfide) groups is 1. The summed E-state index contributed by atoms with van der Waals surface area (Å²) in [5.41, 5.74) is 1.46. The molecule has 3 rings (SSSR count). The first-order valence-corrected chi connectivity index (χ1v) is 9.41. The summed E-state index contributed by atoms with van der Waals surface area (Å²) in [6.45, 7) is 1.86. The van der Waals surface area contributed by atoms with Crippen LogP contribution in [0.5, 0.6) is 0 Å². The van der Waals surface area contributed by atoms with Crippen LogP contribution in [0.15, 0.2) is 53.4 Å². The summed E-state index contributed by atoms with van der Waals surface area (Å²) in [6.07, 6.45) is 1.95. The molecule has 4 nitrogen and oxygen atoms in total. The van der Waals surface area contributed by atoms with Crippen molar-refractivity contribution in [3.63, 3.8) is 0 Å². The van der Waals surface area contributed by atoms with Crippen LogP contribution in [-0.2, 0) is 9.59 Å². The van der Waals surface area contributed by atoms with E-state index in [-0.39, 0.29) is 23.0 Å². The molecule has 2 amide bonds. The third-order valence-corrected chi connectivity index (χ3v) is 5.23. The fourth-order valence-electron chi connectivity index (χ4n) is 2.24. The van der Waals surface area contributed by atoms with Gasteiger partial charge in [0.15, 0.2) is 0 Å². The Hall–Kier alpha value is -1.98. The van der Waals surface area contributed by atoms with E-state index in [9.17, 15) is 9.59 Å². The highest BCUT2D eigenvalue weighted by atomic mass is 35.5. The van der Waals surface area contributed by atoms with Gasteiger partial charge in [-0.05, 0) is 68.3 Å². The molecular formula is C19H19ClN2O2S. The van der Waals surface area contributed by atoms with E-state index in [0.717, 1.165) is 23.4 Å². The van der Waals surface area contributed by atoms with Gasteiger partial charge in [-0.1, -0.05) is 11.6 Å². The first-order valence-electron chi connectivity index (χ1n) is 8.15. The maximum absolute atomic E-state index is 12.3. The van der Waals surface area contributed by atoms with E-state index < -0.39 is 0 Å². The van der Waals surface area contributed by atoms with Gasteiger partial charge in [-0.3, -0.25) is 9.59 Å². The first-order chi connectivity index (χ1) is 12.0. The Morgan fingerprint density at radius 3 is 2.12 bits per heavy atom. The lowest BCUT2D eigenvalue weighted by atomic mass is 10.2. The number of nitrogens with one attached hydrogen (secondary N) is 2. The number of halogens is 1. The lowest BCUT2D eigenvalue weighted by Crippen LogP contribution is -2.22. The molecule has 1 aliphatic carbocycles. The summed E-state index contributed by atoms with van der Waals surface area (Å²) < 4.78 is 0. The van der Waals surface area contributed by atoms with Crippen LogP contribution in [-0.4, -0.2) is 17.1 Å². The first kappa shape index (κ1) is 17.8. The lowest BCUT2D eigenvalue weighted by molar-refractivity contribution is -0.117. The van der Waals surface area contributed by atoms with Crippen molar-refractivity contribution in [2.75, 3.05) is 10.6 Å². The highest BCUT2D eigenvalue weighted by molar-refractivity contribution is 8.00. The molecule has 1 fully saturated rings. The summed E-state index contributed by atoms with van der Waals surface area (Å²) in [4.78, 5) is 25.0. The minimum absolute atomic E-state index is 0.0739. The number of amides is 2. The summed E-state index contributed by atoms with van der Waals surface area (Å²) in [5.74, 6) is 0.171. The molecule has 1 unspecified atom stereocenters. The lowest BCUT2D eigenvalue weighted by Gasteiger charge is -2.12. The minimum atomic E-state index is -0.240. The van der Waals surface area contributed by atoms with Gasteiger partial charge in [0.1, 0.15) is 0 Å². The maximum Gasteiger partial charge on any atom is 0.237 e. The van der Waals surface area contributed by atoms with Gasteiger partial charge in [0.2, 0.25) is 11.8 Å². The number of benzene rings is 2. The standard InChI is InChI=1S/C19H19ClN2O2S/c1-12(25-17-10-4-14(20)5-11-17)18(23)21-15-6-8-16(9-7-15)22-19(24)13-2-3-13/h4-13H,2-3H2,1H3,(H,21,23)(H,22,24). The Bertz CT molecular complexity index is 758. The fraction of sp³-hybridized carbons (Fsp3) is 0.263. The van der Waals surface area contributed by atoms with Crippen molar-refractivity contribution in [1.82, 2.24) is 0 Å². The van der Waals surface area contributed by atoms with Crippen molar-refractivity contribution < 1.29 is 9.59 Å². The van der Waals surface area contributed by atoms with Crippen LogP contribution < -0.4 is 10.6 Å². The molecule has 1 atom stereocenters. The Kier molecular flexibility index (Phi) is 5.66. The Balaban J connectivity index is 1.52. The molecule has 0 saturated heterocycles. The van der Waals surface area contributed by atoms with E-state index in [1.807, 2.05) is 31.2 Å². The molecule has 2 N–H and O–H groups in total. The van der Waals surface area contributed by atoms with Crippen LogP contribution in [0.3, 0.4) is 0 Å². The van der Waals surface area contributed by atoms with E-state index in [2.05, 4.69) is 10.6 Å². The van der Waals surface area contributed by atoms with Gasteiger partial charge in [0.25, 0.3) is 0 Å². The van der Waals surface area contributed by atoms with Crippen LogP contribution in [0.1, 0.15) is 19.8 Å². The highest BCUT2D eigenvalue weighted by Gasteiger charge is 2.29. The molecule has 130 valence electrons. The predicted molar refractivity (Wildman–Crippen MR) is 103 cm³/mol. The molecule has 0 heterocycles. The molecule has 6 heteroatoms. The van der Waals surface area contributed by atoms with Gasteiger partial charge < -0.3 is 10.6 Å². The minimum Gasteiger partial charge on any atom is -0.326 e. The van der Waals surface area contributed by atoms with Gasteiger partial charge in [0.05, 0.1) is 5.25 Å². The van der Waals surface area contributed by atoms with E-state index in [1.165, 1.54) is 11.8 Å². The largest absolute Gasteiger partial charge is 0.326 e. The van der Waals surface area contributed by atoms with Crippen molar-refractivity contribution in [2.45, 2.75) is 29.9 Å². The average molecular weight is 375 g/mol. The number of hydrogen-bond donors (Lipinski definition) is 2. The third-order valence-electron chi connectivity index (χ3n) is 3.86. The second-order valence-electron chi connectivity index (χ2n) is 6.04. The summed E-state index contributed by atoms with van der Waals surface area (Å²) in [5, 5.41) is 6.20. The molecule has 0 bridgehead atoms. The second kappa shape index (κ2) is 7.93. The second-order valence-corrected chi connectivity index (χ2v) is 7.89. The zero-order valence-corrected chi connectivity index (χ0v) is 15.4. The molecular weight excluding hydrogens is 356 g/mol. The molecule has 0 aliphatic heterocycles. The van der Waals surface area contributed by atoms with Gasteiger partial charge in [0, 0.05) is 27.2 Å². The smallest absolute Gasteiger partial charge is 0.237 e. The molecule has 0 radical (unpaired) electrons. The monoisotopic (exact) mass is 374 g/mol. The van der Waals surface area contributed by atoms with Crippen molar-refractivity contribution in [1.29, 1.82) is 0 Å². The maximum atomic E-state index is 12.3. The molecule has 0 spiro atoms. The Morgan fingerprint density at radius 1 is 1.00 bits per heavy atom. The number of hydrogen-bond acceptors (Lipinski definition) is 3. The SMILES string of the molecule is CC(Sc1ccc(Cl)cc1)C(=O)Nc1ccc(NC(=O)C2CC2)cc1. The third kappa shape index (κ3) is 5.25. The molecule has 2 aromatic rings. The van der Waals surface area contributed by atoms with Crippen LogP contribution in [0, 0.1) is 5.92 Å². The fourth-order valence-corrected chi connectivity index (χ4v) is 3.23. The molecule has 1 aliphatic rings. The Labute approximate surface area is 156 Å². The molecule has 0 aromatic heterocycles. The zero-order chi connectivity index (χ0) is 17.8. The predicted octanol–water partition coefficient (Wildman–Crippen LogP) is 4.81. The van der Waals surface area contributed by atoms with Crippen molar-refractivity contribution in [2.24, 2.45) is 5.92 Å². The van der Waals surface area contributed by atoms with Crippen molar-refractivity contribution in [3.05, 3.63) is 53.6 Å². The van der Waals surface area contributed by atoms with E-state index in [4.69, 9.17) is 11.6 Å². The van der Waals surface area contributed by atoms with E-state index in [1.54, 1.807) is 24.3 Å². The summed E-state index contributed by atoms with van der Waals surface area (Å²) in [6, 6.07) is 14.6. The normalized spacial score (nSPS) is 14.6. The Morgan fingerprint density at radius 2 is 1.56 bits per heavy atom. The zero-order valence-electron chi connectivity index (χ0n) is 13.8. The average Bonchev–Trinajstić information content (AvgIpc) is 3.43. The molecule has 1 saturated carbocycles. The van der Waals surface area contributed by atoms with Gasteiger partial charge in [-0.2, -0.15) is 0 Å². The highest BCUT2D eigenvalue weighted by Crippen LogP contribution is 2.30. The number of carbonyl (C=O) groups excluding carboxylic acids is 2.